The molecular weight excluding hydrogens is 258 g/mol. The van der Waals surface area contributed by atoms with Crippen LogP contribution in [0.1, 0.15) is 22.6 Å². The third-order valence-corrected chi connectivity index (χ3v) is 3.92. The van der Waals surface area contributed by atoms with Crippen LogP contribution in [-0.4, -0.2) is 23.6 Å². The van der Waals surface area contributed by atoms with Crippen molar-refractivity contribution in [3.8, 4) is 5.75 Å². The van der Waals surface area contributed by atoms with Crippen molar-refractivity contribution in [2.45, 2.75) is 12.5 Å². The number of hydrogen-bond acceptors (Lipinski definition) is 2. The van der Waals surface area contributed by atoms with Crippen LogP contribution in [0.5, 0.6) is 5.75 Å². The van der Waals surface area contributed by atoms with E-state index >= 15 is 0 Å². The Morgan fingerprint density at radius 2 is 2.05 bits per heavy atom. The lowest BCUT2D eigenvalue weighted by atomic mass is 9.85. The fourth-order valence-corrected chi connectivity index (χ4v) is 3.04. The van der Waals surface area contributed by atoms with Gasteiger partial charge in [0.25, 0.3) is 0 Å². The van der Waals surface area contributed by atoms with Crippen LogP contribution >= 0.6 is 11.6 Å². The number of fused-ring (bicyclic) bond motifs is 1. The molecule has 1 aliphatic rings. The minimum atomic E-state index is 0.313. The maximum atomic E-state index is 9.64. The van der Waals surface area contributed by atoms with Gasteiger partial charge in [-0.2, -0.15) is 0 Å². The van der Waals surface area contributed by atoms with E-state index in [1.54, 1.807) is 6.07 Å². The molecule has 1 atom stereocenters. The zero-order valence-electron chi connectivity index (χ0n) is 10.8. The molecule has 0 radical (unpaired) electrons. The van der Waals surface area contributed by atoms with Gasteiger partial charge in [0.15, 0.2) is 0 Å². The van der Waals surface area contributed by atoms with Crippen LogP contribution in [0.25, 0.3) is 0 Å². The Morgan fingerprint density at radius 1 is 1.21 bits per heavy atom. The summed E-state index contributed by atoms with van der Waals surface area (Å²) in [5.41, 5.74) is 3.71. The molecule has 3 rings (SSSR count). The summed E-state index contributed by atoms with van der Waals surface area (Å²) in [5.74, 6) is 0.645. The molecule has 0 spiro atoms. The predicted molar refractivity (Wildman–Crippen MR) is 77.7 cm³/mol. The molecule has 2 aromatic rings. The van der Waals surface area contributed by atoms with Gasteiger partial charge >= 0.3 is 0 Å². The molecule has 0 bridgehead atoms. The lowest BCUT2D eigenvalue weighted by Gasteiger charge is -2.32. The standard InChI is InChI=1S/C16H16ClNO/c1-18-9-12-8-14(19)5-6-15(12)16(10-18)11-3-2-4-13(17)7-11/h2-8,16,19H,9-10H2,1H3. The van der Waals surface area contributed by atoms with E-state index in [1.807, 2.05) is 30.3 Å². The van der Waals surface area contributed by atoms with Crippen LogP contribution in [0.3, 0.4) is 0 Å². The van der Waals surface area contributed by atoms with Crippen molar-refractivity contribution in [3.63, 3.8) is 0 Å². The molecule has 1 N–H and O–H groups in total. The number of nitrogens with zero attached hydrogens (tertiary/aromatic N) is 1. The molecule has 19 heavy (non-hydrogen) atoms. The first kappa shape index (κ1) is 12.5. The van der Waals surface area contributed by atoms with Crippen LogP contribution in [-0.2, 0) is 6.54 Å². The number of benzene rings is 2. The van der Waals surface area contributed by atoms with Gasteiger partial charge in [-0.25, -0.2) is 0 Å². The Kier molecular flexibility index (Phi) is 3.21. The third kappa shape index (κ3) is 2.46. The summed E-state index contributed by atoms with van der Waals surface area (Å²) in [6.07, 6.45) is 0. The average Bonchev–Trinajstić information content (AvgIpc) is 2.37. The molecule has 1 heterocycles. The summed E-state index contributed by atoms with van der Waals surface area (Å²) in [6.45, 7) is 1.85. The van der Waals surface area contributed by atoms with E-state index < -0.39 is 0 Å². The highest BCUT2D eigenvalue weighted by Crippen LogP contribution is 2.35. The smallest absolute Gasteiger partial charge is 0.115 e. The first-order valence-electron chi connectivity index (χ1n) is 6.39. The predicted octanol–water partition coefficient (Wildman–Crippen LogP) is 3.62. The summed E-state index contributed by atoms with van der Waals surface area (Å²) >= 11 is 6.10. The topological polar surface area (TPSA) is 23.5 Å². The number of halogens is 1. The van der Waals surface area contributed by atoms with E-state index in [0.717, 1.165) is 18.1 Å². The van der Waals surface area contributed by atoms with Gasteiger partial charge in [0, 0.05) is 24.0 Å². The summed E-state index contributed by atoms with van der Waals surface area (Å²) in [5, 5.41) is 10.4. The van der Waals surface area contributed by atoms with Crippen LogP contribution in [0.2, 0.25) is 5.02 Å². The number of rotatable bonds is 1. The van der Waals surface area contributed by atoms with Crippen molar-refractivity contribution >= 4 is 11.6 Å². The highest BCUT2D eigenvalue weighted by atomic mass is 35.5. The molecule has 2 nitrogen and oxygen atoms in total. The third-order valence-electron chi connectivity index (χ3n) is 3.69. The molecule has 2 aromatic carbocycles. The lowest BCUT2D eigenvalue weighted by Crippen LogP contribution is -2.30. The molecule has 0 saturated carbocycles. The van der Waals surface area contributed by atoms with Crippen molar-refractivity contribution in [2.75, 3.05) is 13.6 Å². The van der Waals surface area contributed by atoms with Gasteiger partial charge in [0.05, 0.1) is 0 Å². The second-order valence-corrected chi connectivity index (χ2v) is 5.62. The Balaban J connectivity index is 2.08. The number of phenols is 1. The number of phenolic OH excluding ortho intramolecular Hbond substituents is 1. The number of likely N-dealkylation sites (N-methyl/N-ethyl adjacent to an activating group) is 1. The Labute approximate surface area is 118 Å². The van der Waals surface area contributed by atoms with E-state index in [-0.39, 0.29) is 0 Å². The second kappa shape index (κ2) is 4.87. The zero-order valence-corrected chi connectivity index (χ0v) is 11.6. The summed E-state index contributed by atoms with van der Waals surface area (Å²) in [4.78, 5) is 2.27. The molecule has 3 heteroatoms. The molecule has 0 amide bonds. The van der Waals surface area contributed by atoms with E-state index in [4.69, 9.17) is 11.6 Å². The van der Waals surface area contributed by atoms with E-state index in [1.165, 1.54) is 16.7 Å². The molecule has 1 unspecified atom stereocenters. The molecule has 0 aliphatic carbocycles. The first-order valence-corrected chi connectivity index (χ1v) is 6.77. The highest BCUT2D eigenvalue weighted by molar-refractivity contribution is 6.30. The van der Waals surface area contributed by atoms with Crippen molar-refractivity contribution in [3.05, 3.63) is 64.2 Å². The Morgan fingerprint density at radius 3 is 2.84 bits per heavy atom. The van der Waals surface area contributed by atoms with Crippen LogP contribution in [0.4, 0.5) is 0 Å². The normalized spacial score (nSPS) is 19.2. The van der Waals surface area contributed by atoms with Gasteiger partial charge in [-0.05, 0) is 48.0 Å². The molecular formula is C16H16ClNO. The first-order chi connectivity index (χ1) is 9.13. The van der Waals surface area contributed by atoms with Crippen LogP contribution < -0.4 is 0 Å². The van der Waals surface area contributed by atoms with Gasteiger partial charge in [0.2, 0.25) is 0 Å². The minimum Gasteiger partial charge on any atom is -0.508 e. The van der Waals surface area contributed by atoms with Gasteiger partial charge in [0.1, 0.15) is 5.75 Å². The van der Waals surface area contributed by atoms with Crippen molar-refractivity contribution < 1.29 is 5.11 Å². The molecule has 0 saturated heterocycles. The van der Waals surface area contributed by atoms with Crippen molar-refractivity contribution in [2.24, 2.45) is 0 Å². The fraction of sp³-hybridized carbons (Fsp3) is 0.250. The number of aromatic hydroxyl groups is 1. The van der Waals surface area contributed by atoms with E-state index in [2.05, 4.69) is 18.0 Å². The molecule has 0 fully saturated rings. The lowest BCUT2D eigenvalue weighted by molar-refractivity contribution is 0.294. The number of hydrogen-bond donors (Lipinski definition) is 1. The largest absolute Gasteiger partial charge is 0.508 e. The Bertz CT molecular complexity index is 611. The SMILES string of the molecule is CN1Cc2cc(O)ccc2C(c2cccc(Cl)c2)C1. The molecule has 1 aliphatic heterocycles. The highest BCUT2D eigenvalue weighted by Gasteiger charge is 2.25. The van der Waals surface area contributed by atoms with Crippen LogP contribution in [0.15, 0.2) is 42.5 Å². The maximum Gasteiger partial charge on any atom is 0.115 e. The summed E-state index contributed by atoms with van der Waals surface area (Å²) < 4.78 is 0. The maximum absolute atomic E-state index is 9.64. The van der Waals surface area contributed by atoms with Gasteiger partial charge < -0.3 is 10.0 Å². The van der Waals surface area contributed by atoms with Gasteiger partial charge in [-0.3, -0.25) is 0 Å². The molecule has 0 aromatic heterocycles. The summed E-state index contributed by atoms with van der Waals surface area (Å²) in [6, 6.07) is 13.7. The minimum absolute atomic E-state index is 0.313. The van der Waals surface area contributed by atoms with E-state index in [0.29, 0.717) is 11.7 Å². The van der Waals surface area contributed by atoms with Gasteiger partial charge in [-0.1, -0.05) is 29.8 Å². The van der Waals surface area contributed by atoms with Crippen molar-refractivity contribution in [1.29, 1.82) is 0 Å². The zero-order chi connectivity index (χ0) is 13.4. The monoisotopic (exact) mass is 273 g/mol. The summed E-state index contributed by atoms with van der Waals surface area (Å²) in [7, 11) is 2.10. The molecule has 98 valence electrons. The quantitative estimate of drug-likeness (QED) is 0.858. The second-order valence-electron chi connectivity index (χ2n) is 5.19. The van der Waals surface area contributed by atoms with Crippen molar-refractivity contribution in [1.82, 2.24) is 4.90 Å². The Hall–Kier alpha value is -1.51. The van der Waals surface area contributed by atoms with Crippen LogP contribution in [0, 0.1) is 0 Å². The average molecular weight is 274 g/mol. The fourth-order valence-electron chi connectivity index (χ4n) is 2.84. The van der Waals surface area contributed by atoms with E-state index in [9.17, 15) is 5.11 Å². The van der Waals surface area contributed by atoms with Gasteiger partial charge in [-0.15, -0.1) is 0 Å².